The highest BCUT2D eigenvalue weighted by Crippen LogP contribution is 2.25. The van der Waals surface area contributed by atoms with Crippen molar-refractivity contribution in [1.82, 2.24) is 9.97 Å². The van der Waals surface area contributed by atoms with Crippen molar-refractivity contribution in [2.24, 2.45) is 0 Å². The Morgan fingerprint density at radius 3 is 2.14 bits per heavy atom. The number of pyridine rings is 1. The molecule has 0 saturated heterocycles. The van der Waals surface area contributed by atoms with Crippen LogP contribution in [0.1, 0.15) is 5.56 Å². The van der Waals surface area contributed by atoms with Crippen molar-refractivity contribution in [3.8, 4) is 22.8 Å². The number of aryl methyl sites for hydroxylation is 1. The molecule has 6 nitrogen and oxygen atoms in total. The van der Waals surface area contributed by atoms with Gasteiger partial charge in [-0.25, -0.2) is 4.98 Å². The van der Waals surface area contributed by atoms with Crippen LogP contribution in [0.3, 0.4) is 0 Å². The predicted octanol–water partition coefficient (Wildman–Crippen LogP) is 4.73. The molecule has 0 amide bonds. The fraction of sp³-hybridized carbons (Fsp3) is 0.0909. The lowest BCUT2D eigenvalue weighted by Gasteiger charge is -2.00. The van der Waals surface area contributed by atoms with Crippen LogP contribution in [0.25, 0.3) is 22.8 Å². The summed E-state index contributed by atoms with van der Waals surface area (Å²) in [5.41, 5.74) is 2.98. The summed E-state index contributed by atoms with van der Waals surface area (Å²) in [5.74, 6) is 1.39. The van der Waals surface area contributed by atoms with E-state index >= 15 is 0 Å². The van der Waals surface area contributed by atoms with Gasteiger partial charge in [0.15, 0.2) is 5.76 Å². The van der Waals surface area contributed by atoms with Gasteiger partial charge in [0.05, 0.1) is 18.2 Å². The second-order valence-electron chi connectivity index (χ2n) is 6.07. The monoisotopic (exact) mass is 408 g/mol. The number of hydrogen-bond donors (Lipinski definition) is 0. The number of aromatic nitrogens is 2. The van der Waals surface area contributed by atoms with Crippen LogP contribution in [0.4, 0.5) is 0 Å². The van der Waals surface area contributed by atoms with Gasteiger partial charge >= 0.3 is 0 Å². The van der Waals surface area contributed by atoms with Crippen LogP contribution >= 0.6 is 0 Å². The van der Waals surface area contributed by atoms with E-state index in [2.05, 4.69) is 14.2 Å². The summed E-state index contributed by atoms with van der Waals surface area (Å²) >= 11 is 0. The molecule has 7 heteroatoms. The van der Waals surface area contributed by atoms with Crippen molar-refractivity contribution in [1.29, 1.82) is 0 Å². The first kappa shape index (κ1) is 20.4. The minimum Gasteiger partial charge on any atom is -0.436 e. The molecule has 0 radical (unpaired) electrons. The molecule has 148 valence electrons. The van der Waals surface area contributed by atoms with E-state index in [4.69, 9.17) is 4.42 Å². The van der Waals surface area contributed by atoms with E-state index in [-0.39, 0.29) is 4.90 Å². The second kappa shape index (κ2) is 9.27. The van der Waals surface area contributed by atoms with E-state index < -0.39 is 10.1 Å². The van der Waals surface area contributed by atoms with Crippen molar-refractivity contribution < 1.29 is 17.0 Å². The van der Waals surface area contributed by atoms with Gasteiger partial charge in [0, 0.05) is 23.5 Å². The van der Waals surface area contributed by atoms with Gasteiger partial charge in [0.1, 0.15) is 0 Å². The lowest BCUT2D eigenvalue weighted by Crippen LogP contribution is -2.02. The number of benzene rings is 2. The van der Waals surface area contributed by atoms with Crippen molar-refractivity contribution in [2.45, 2.75) is 11.8 Å². The van der Waals surface area contributed by atoms with Gasteiger partial charge < -0.3 is 4.42 Å². The molecule has 4 rings (SSSR count). The molecular formula is C22H20N2O4S. The molecule has 2 heterocycles. The highest BCUT2D eigenvalue weighted by Gasteiger charge is 2.11. The first-order valence-electron chi connectivity index (χ1n) is 8.78. The maximum Gasteiger partial charge on any atom is 0.296 e. The van der Waals surface area contributed by atoms with Gasteiger partial charge in [-0.15, -0.1) is 0 Å². The van der Waals surface area contributed by atoms with Crippen LogP contribution < -0.4 is 0 Å². The summed E-state index contributed by atoms with van der Waals surface area (Å²) in [6, 6.07) is 20.2. The van der Waals surface area contributed by atoms with Crippen LogP contribution in [0.5, 0.6) is 0 Å². The lowest BCUT2D eigenvalue weighted by atomic mass is 10.2. The van der Waals surface area contributed by atoms with Gasteiger partial charge in [0.2, 0.25) is 5.89 Å². The second-order valence-corrected chi connectivity index (χ2v) is 7.78. The molecule has 4 aromatic rings. The summed E-state index contributed by atoms with van der Waals surface area (Å²) in [5, 5.41) is 0. The normalized spacial score (nSPS) is 10.8. The van der Waals surface area contributed by atoms with Crippen LogP contribution in [0, 0.1) is 6.92 Å². The minimum absolute atomic E-state index is 0.190. The van der Waals surface area contributed by atoms with E-state index in [9.17, 15) is 8.42 Å². The first-order chi connectivity index (χ1) is 14.0. The van der Waals surface area contributed by atoms with Gasteiger partial charge in [-0.2, -0.15) is 8.42 Å². The van der Waals surface area contributed by atoms with Crippen molar-refractivity contribution in [3.05, 3.63) is 90.9 Å². The predicted molar refractivity (Wildman–Crippen MR) is 111 cm³/mol. The van der Waals surface area contributed by atoms with Crippen LogP contribution in [-0.2, 0) is 14.3 Å². The maximum absolute atomic E-state index is 11.1. The van der Waals surface area contributed by atoms with E-state index in [1.807, 2.05) is 49.4 Å². The molecule has 0 bridgehead atoms. The molecule has 0 aliphatic rings. The zero-order chi connectivity index (χ0) is 20.7. The number of hydrogen-bond acceptors (Lipinski definition) is 6. The Kier molecular flexibility index (Phi) is 6.54. The summed E-state index contributed by atoms with van der Waals surface area (Å²) < 4.78 is 32.2. The Hall–Kier alpha value is -3.29. The highest BCUT2D eigenvalue weighted by molar-refractivity contribution is 7.86. The van der Waals surface area contributed by atoms with E-state index in [1.165, 1.54) is 12.1 Å². The third-order valence-electron chi connectivity index (χ3n) is 4.02. The molecule has 2 aromatic carbocycles. The molecule has 0 spiro atoms. The smallest absolute Gasteiger partial charge is 0.296 e. The van der Waals surface area contributed by atoms with Crippen molar-refractivity contribution in [3.63, 3.8) is 0 Å². The van der Waals surface area contributed by atoms with Gasteiger partial charge in [-0.1, -0.05) is 48.0 Å². The Bertz CT molecular complexity index is 1090. The van der Waals surface area contributed by atoms with Crippen molar-refractivity contribution in [2.75, 3.05) is 7.11 Å². The van der Waals surface area contributed by atoms with Crippen LogP contribution in [0.2, 0.25) is 0 Å². The molecule has 0 N–H and O–H groups in total. The van der Waals surface area contributed by atoms with E-state index in [0.717, 1.165) is 29.6 Å². The molecule has 0 saturated carbocycles. The Balaban J connectivity index is 0.000000177. The van der Waals surface area contributed by atoms with Gasteiger partial charge in [0.25, 0.3) is 10.1 Å². The first-order valence-corrected chi connectivity index (χ1v) is 10.2. The largest absolute Gasteiger partial charge is 0.436 e. The molecule has 0 unspecified atom stereocenters. The third-order valence-corrected chi connectivity index (χ3v) is 5.31. The van der Waals surface area contributed by atoms with Crippen LogP contribution in [0.15, 0.2) is 94.6 Å². The summed E-state index contributed by atoms with van der Waals surface area (Å²) in [6.45, 7) is 1.89. The average Bonchev–Trinajstić information content (AvgIpc) is 3.26. The fourth-order valence-electron chi connectivity index (χ4n) is 2.44. The standard InChI is InChI=1S/C14H10N2O.C8H10O3S/c1-2-4-11(5-3-1)13-10-16-14(17-13)12-6-8-15-9-7-12;1-7-3-5-8(6-4-7)12(9,10)11-2/h1-10H;3-6H,1-2H3. The zero-order valence-corrected chi connectivity index (χ0v) is 16.8. The van der Waals surface area contributed by atoms with Gasteiger partial charge in [-0.3, -0.25) is 9.17 Å². The quantitative estimate of drug-likeness (QED) is 0.454. The Morgan fingerprint density at radius 2 is 1.52 bits per heavy atom. The number of nitrogens with zero attached hydrogens (tertiary/aromatic N) is 2. The molecular weight excluding hydrogens is 388 g/mol. The van der Waals surface area contributed by atoms with Gasteiger partial charge in [-0.05, 0) is 31.2 Å². The minimum atomic E-state index is -3.51. The molecule has 0 atom stereocenters. The summed E-state index contributed by atoms with van der Waals surface area (Å²) in [4.78, 5) is 8.43. The zero-order valence-electron chi connectivity index (χ0n) is 16.0. The molecule has 29 heavy (non-hydrogen) atoms. The van der Waals surface area contributed by atoms with Crippen LogP contribution in [-0.4, -0.2) is 25.5 Å². The maximum atomic E-state index is 11.1. The Morgan fingerprint density at radius 1 is 0.862 bits per heavy atom. The topological polar surface area (TPSA) is 82.3 Å². The number of oxazole rings is 1. The molecule has 0 aliphatic heterocycles. The van der Waals surface area contributed by atoms with E-state index in [0.29, 0.717) is 5.89 Å². The summed E-state index contributed by atoms with van der Waals surface area (Å²) in [6.07, 6.45) is 5.19. The highest BCUT2D eigenvalue weighted by atomic mass is 32.2. The Labute approximate surface area is 170 Å². The SMILES string of the molecule is COS(=O)(=O)c1ccc(C)cc1.c1ccc(-c2cnc(-c3ccncc3)o2)cc1. The van der Waals surface area contributed by atoms with E-state index in [1.54, 1.807) is 30.7 Å². The lowest BCUT2D eigenvalue weighted by molar-refractivity contribution is 0.398. The fourth-order valence-corrected chi connectivity index (χ4v) is 3.10. The van der Waals surface area contributed by atoms with Crippen molar-refractivity contribution >= 4 is 10.1 Å². The molecule has 0 fully saturated rings. The molecule has 2 aromatic heterocycles. The third kappa shape index (κ3) is 5.37. The molecule has 0 aliphatic carbocycles. The number of rotatable bonds is 4. The average molecular weight is 408 g/mol. The summed E-state index contributed by atoms with van der Waals surface area (Å²) in [7, 11) is -2.37.